The van der Waals surface area contributed by atoms with Crippen LogP contribution in [0.4, 0.5) is 5.00 Å². The summed E-state index contributed by atoms with van der Waals surface area (Å²) in [7, 11) is 0. The lowest BCUT2D eigenvalue weighted by molar-refractivity contribution is 0.0998. The maximum absolute atomic E-state index is 12.7. The molecule has 28 heavy (non-hydrogen) atoms. The standard InChI is InChI=1S/C21H16Cl2N2O2S/c1-11-2-4-13-15(10-24)21(28-19(13)8-11)25-20(26)18-7-6-17(27-18)14-5-3-12(22)9-16(14)23/h3,5-7,9,11H,2,4,8H2,1H3,(H,25,26)/t11-/m1/s1. The van der Waals surface area contributed by atoms with Crippen LogP contribution in [0.3, 0.4) is 0 Å². The summed E-state index contributed by atoms with van der Waals surface area (Å²) in [6.45, 7) is 2.21. The van der Waals surface area contributed by atoms with Crippen molar-refractivity contribution < 1.29 is 9.21 Å². The van der Waals surface area contributed by atoms with Gasteiger partial charge in [0.2, 0.25) is 0 Å². The molecule has 3 aromatic rings. The van der Waals surface area contributed by atoms with Gasteiger partial charge in [-0.05, 0) is 61.1 Å². The molecule has 0 saturated heterocycles. The summed E-state index contributed by atoms with van der Waals surface area (Å²) in [4.78, 5) is 13.9. The number of halogens is 2. The summed E-state index contributed by atoms with van der Waals surface area (Å²) in [5.41, 5.74) is 2.31. The van der Waals surface area contributed by atoms with E-state index in [2.05, 4.69) is 18.3 Å². The van der Waals surface area contributed by atoms with E-state index in [9.17, 15) is 10.1 Å². The Kier molecular flexibility index (Phi) is 5.20. The molecule has 2 heterocycles. The Bertz CT molecular complexity index is 1110. The molecule has 7 heteroatoms. The number of carbonyl (C=O) groups is 1. The second-order valence-corrected chi connectivity index (χ2v) is 8.86. The number of furan rings is 1. The summed E-state index contributed by atoms with van der Waals surface area (Å²) in [5, 5.41) is 14.0. The first-order chi connectivity index (χ1) is 13.5. The molecule has 4 nitrogen and oxygen atoms in total. The van der Waals surface area contributed by atoms with Crippen LogP contribution in [0.1, 0.15) is 39.9 Å². The molecule has 142 valence electrons. The van der Waals surface area contributed by atoms with Crippen LogP contribution in [0, 0.1) is 17.2 Å². The summed E-state index contributed by atoms with van der Waals surface area (Å²) >= 11 is 13.6. The van der Waals surface area contributed by atoms with E-state index in [1.165, 1.54) is 16.2 Å². The maximum Gasteiger partial charge on any atom is 0.292 e. The summed E-state index contributed by atoms with van der Waals surface area (Å²) in [5.74, 6) is 0.841. The predicted octanol–water partition coefficient (Wildman–Crippen LogP) is 6.56. The highest BCUT2D eigenvalue weighted by Crippen LogP contribution is 2.39. The molecule has 1 aliphatic rings. The highest BCUT2D eigenvalue weighted by atomic mass is 35.5. The van der Waals surface area contributed by atoms with Crippen molar-refractivity contribution in [1.82, 2.24) is 0 Å². The van der Waals surface area contributed by atoms with Crippen LogP contribution in [-0.2, 0) is 12.8 Å². The number of nitrogens with zero attached hydrogens (tertiary/aromatic N) is 1. The molecule has 0 saturated carbocycles. The van der Waals surface area contributed by atoms with Gasteiger partial charge in [-0.1, -0.05) is 30.1 Å². The Morgan fingerprint density at radius 2 is 2.14 bits per heavy atom. The number of hydrogen-bond acceptors (Lipinski definition) is 4. The van der Waals surface area contributed by atoms with Crippen molar-refractivity contribution >= 4 is 45.4 Å². The largest absolute Gasteiger partial charge is 0.451 e. The summed E-state index contributed by atoms with van der Waals surface area (Å²) in [6.07, 6.45) is 2.89. The number of thiophene rings is 1. The van der Waals surface area contributed by atoms with Gasteiger partial charge in [0.05, 0.1) is 10.6 Å². The van der Waals surface area contributed by atoms with Gasteiger partial charge in [-0.15, -0.1) is 11.3 Å². The van der Waals surface area contributed by atoms with E-state index in [1.807, 2.05) is 0 Å². The lowest BCUT2D eigenvalue weighted by atomic mass is 9.89. The van der Waals surface area contributed by atoms with Gasteiger partial charge in [-0.25, -0.2) is 0 Å². The molecule has 0 aliphatic heterocycles. The van der Waals surface area contributed by atoms with Crippen LogP contribution in [0.2, 0.25) is 10.0 Å². The first kappa shape index (κ1) is 19.1. The molecule has 0 unspecified atom stereocenters. The van der Waals surface area contributed by atoms with E-state index in [4.69, 9.17) is 27.6 Å². The number of fused-ring (bicyclic) bond motifs is 1. The molecular formula is C21H16Cl2N2O2S. The van der Waals surface area contributed by atoms with Crippen molar-refractivity contribution in [2.45, 2.75) is 26.2 Å². The zero-order chi connectivity index (χ0) is 19.8. The molecule has 1 N–H and O–H groups in total. The minimum absolute atomic E-state index is 0.157. The van der Waals surface area contributed by atoms with Gasteiger partial charge in [0.15, 0.2) is 5.76 Å². The third kappa shape index (κ3) is 3.56. The third-order valence-corrected chi connectivity index (χ3v) is 6.59. The Morgan fingerprint density at radius 3 is 2.89 bits per heavy atom. The van der Waals surface area contributed by atoms with E-state index < -0.39 is 0 Å². The van der Waals surface area contributed by atoms with Gasteiger partial charge >= 0.3 is 0 Å². The van der Waals surface area contributed by atoms with Crippen molar-refractivity contribution in [1.29, 1.82) is 5.26 Å². The molecule has 0 fully saturated rings. The first-order valence-corrected chi connectivity index (χ1v) is 10.4. The van der Waals surface area contributed by atoms with Crippen molar-refractivity contribution in [3.63, 3.8) is 0 Å². The van der Waals surface area contributed by atoms with Gasteiger partial charge in [0.25, 0.3) is 5.91 Å². The molecule has 0 spiro atoms. The normalized spacial score (nSPS) is 15.7. The lowest BCUT2D eigenvalue weighted by Crippen LogP contribution is -2.11. The van der Waals surface area contributed by atoms with Gasteiger partial charge in [0, 0.05) is 15.5 Å². The molecule has 1 aromatic carbocycles. The molecule has 4 rings (SSSR count). The van der Waals surface area contributed by atoms with Gasteiger partial charge in [-0.2, -0.15) is 5.26 Å². The number of amides is 1. The second kappa shape index (κ2) is 7.63. The average molecular weight is 431 g/mol. The van der Waals surface area contributed by atoms with E-state index in [0.717, 1.165) is 24.8 Å². The van der Waals surface area contributed by atoms with E-state index >= 15 is 0 Å². The number of anilines is 1. The van der Waals surface area contributed by atoms with Crippen LogP contribution in [0.5, 0.6) is 0 Å². The zero-order valence-corrected chi connectivity index (χ0v) is 17.3. The van der Waals surface area contributed by atoms with Crippen LogP contribution in [0.25, 0.3) is 11.3 Å². The number of rotatable bonds is 3. The van der Waals surface area contributed by atoms with Gasteiger partial charge in [-0.3, -0.25) is 4.79 Å². The number of nitrogens with one attached hydrogen (secondary N) is 1. The van der Waals surface area contributed by atoms with Crippen LogP contribution in [0.15, 0.2) is 34.7 Å². The molecule has 2 aromatic heterocycles. The van der Waals surface area contributed by atoms with E-state index in [-0.39, 0.29) is 11.7 Å². The minimum atomic E-state index is -0.389. The molecule has 1 aliphatic carbocycles. The van der Waals surface area contributed by atoms with Crippen LogP contribution < -0.4 is 5.32 Å². The topological polar surface area (TPSA) is 66.0 Å². The molecular weight excluding hydrogens is 415 g/mol. The monoisotopic (exact) mass is 430 g/mol. The van der Waals surface area contributed by atoms with Crippen molar-refractivity contribution in [3.05, 3.63) is 62.1 Å². The number of benzene rings is 1. The highest BCUT2D eigenvalue weighted by Gasteiger charge is 2.25. The van der Waals surface area contributed by atoms with Gasteiger partial charge < -0.3 is 9.73 Å². The van der Waals surface area contributed by atoms with Crippen LogP contribution in [-0.4, -0.2) is 5.91 Å². The maximum atomic E-state index is 12.7. The fourth-order valence-electron chi connectivity index (χ4n) is 3.42. The quantitative estimate of drug-likeness (QED) is 0.511. The van der Waals surface area contributed by atoms with Crippen molar-refractivity contribution in [2.75, 3.05) is 5.32 Å². The molecule has 0 bridgehead atoms. The smallest absolute Gasteiger partial charge is 0.292 e. The first-order valence-electron chi connectivity index (χ1n) is 8.87. The number of nitriles is 1. The number of hydrogen-bond donors (Lipinski definition) is 1. The molecule has 0 radical (unpaired) electrons. The van der Waals surface area contributed by atoms with Gasteiger partial charge in [0.1, 0.15) is 16.8 Å². The van der Waals surface area contributed by atoms with E-state index in [1.54, 1.807) is 30.3 Å². The minimum Gasteiger partial charge on any atom is -0.451 e. The fraction of sp³-hybridized carbons (Fsp3) is 0.238. The Labute approximate surface area is 176 Å². The number of carbonyl (C=O) groups excluding carboxylic acids is 1. The van der Waals surface area contributed by atoms with Crippen molar-refractivity contribution in [2.24, 2.45) is 5.92 Å². The summed E-state index contributed by atoms with van der Waals surface area (Å²) in [6, 6.07) is 10.6. The fourth-order valence-corrected chi connectivity index (χ4v) is 5.27. The summed E-state index contributed by atoms with van der Waals surface area (Å²) < 4.78 is 5.70. The Hall–Kier alpha value is -2.26. The molecule has 1 atom stereocenters. The van der Waals surface area contributed by atoms with E-state index in [0.29, 0.717) is 37.9 Å². The second-order valence-electron chi connectivity index (χ2n) is 6.91. The molecule has 1 amide bonds. The Morgan fingerprint density at radius 1 is 1.32 bits per heavy atom. The average Bonchev–Trinajstić information content (AvgIpc) is 3.25. The third-order valence-electron chi connectivity index (χ3n) is 4.88. The predicted molar refractivity (Wildman–Crippen MR) is 112 cm³/mol. The highest BCUT2D eigenvalue weighted by molar-refractivity contribution is 7.16. The lowest BCUT2D eigenvalue weighted by Gasteiger charge is -2.17. The van der Waals surface area contributed by atoms with Crippen molar-refractivity contribution in [3.8, 4) is 17.4 Å². The zero-order valence-electron chi connectivity index (χ0n) is 15.0. The SMILES string of the molecule is C[C@@H]1CCc2c(sc(NC(=O)c3ccc(-c4ccc(Cl)cc4Cl)o3)c2C#N)C1. The van der Waals surface area contributed by atoms with Crippen LogP contribution >= 0.6 is 34.5 Å². The Balaban J connectivity index is 1.59.